The van der Waals surface area contributed by atoms with E-state index in [1.54, 1.807) is 40.1 Å². The molecule has 1 aromatic carbocycles. The molecule has 0 aromatic heterocycles. The van der Waals surface area contributed by atoms with Crippen LogP contribution in [0.3, 0.4) is 0 Å². The summed E-state index contributed by atoms with van der Waals surface area (Å²) in [4.78, 5) is 39.8. The maximum atomic E-state index is 12.8. The molecule has 0 radical (unpaired) electrons. The van der Waals surface area contributed by atoms with Crippen molar-refractivity contribution in [2.24, 2.45) is 5.41 Å². The highest BCUT2D eigenvalue weighted by molar-refractivity contribution is 5.95. The van der Waals surface area contributed by atoms with E-state index in [9.17, 15) is 14.4 Å². The van der Waals surface area contributed by atoms with Crippen molar-refractivity contribution in [2.75, 3.05) is 26.2 Å². The van der Waals surface area contributed by atoms with E-state index in [0.717, 1.165) is 6.42 Å². The molecule has 2 rings (SSSR count). The van der Waals surface area contributed by atoms with E-state index in [4.69, 9.17) is 4.74 Å². The first kappa shape index (κ1) is 20.7. The number of ether oxygens (including phenoxy) is 1. The summed E-state index contributed by atoms with van der Waals surface area (Å²) in [7, 11) is 0. The second-order valence-electron chi connectivity index (χ2n) is 7.79. The van der Waals surface area contributed by atoms with Crippen molar-refractivity contribution in [2.45, 2.75) is 34.1 Å². The lowest BCUT2D eigenvalue weighted by Crippen LogP contribution is -2.36. The molecule has 27 heavy (non-hydrogen) atoms. The fraction of sp³-hybridized carbons (Fsp3) is 0.476. The summed E-state index contributed by atoms with van der Waals surface area (Å²) in [5.74, 6) is -0.209. The van der Waals surface area contributed by atoms with Crippen LogP contribution in [0, 0.1) is 5.41 Å². The Labute approximate surface area is 160 Å². The fourth-order valence-electron chi connectivity index (χ4n) is 2.81. The molecule has 0 atom stereocenters. The van der Waals surface area contributed by atoms with Crippen molar-refractivity contribution in [1.29, 1.82) is 0 Å². The molecule has 1 heterocycles. The highest BCUT2D eigenvalue weighted by Gasteiger charge is 2.22. The zero-order chi connectivity index (χ0) is 20.0. The van der Waals surface area contributed by atoms with Gasteiger partial charge in [-0.25, -0.2) is 0 Å². The molecule has 1 fully saturated rings. The molecule has 0 aliphatic carbocycles. The minimum Gasteiger partial charge on any atom is -0.427 e. The molecule has 0 N–H and O–H groups in total. The number of allylic oxidation sites excluding steroid dienone is 1. The number of rotatable bonds is 3. The van der Waals surface area contributed by atoms with Gasteiger partial charge < -0.3 is 14.5 Å². The molecule has 1 aliphatic heterocycles. The Kier molecular flexibility index (Phi) is 6.77. The van der Waals surface area contributed by atoms with E-state index in [1.165, 1.54) is 6.92 Å². The number of benzene rings is 1. The lowest BCUT2D eigenvalue weighted by atomic mass is 9.96. The molecular formula is C21H28N2O4. The molecule has 2 amide bonds. The Morgan fingerprint density at radius 1 is 1.04 bits per heavy atom. The Bertz CT molecular complexity index is 734. The summed E-state index contributed by atoms with van der Waals surface area (Å²) in [5.41, 5.74) is 0.428. The average Bonchev–Trinajstić information content (AvgIpc) is 2.84. The van der Waals surface area contributed by atoms with Gasteiger partial charge in [-0.05, 0) is 36.1 Å². The summed E-state index contributed by atoms with van der Waals surface area (Å²) < 4.78 is 5.05. The predicted octanol–water partition coefficient (Wildman–Crippen LogP) is 2.89. The first-order valence-corrected chi connectivity index (χ1v) is 9.21. The molecule has 1 saturated heterocycles. The van der Waals surface area contributed by atoms with Gasteiger partial charge in [-0.1, -0.05) is 32.9 Å². The van der Waals surface area contributed by atoms with Crippen LogP contribution < -0.4 is 4.74 Å². The number of carbonyl (C=O) groups excluding carboxylic acids is 3. The van der Waals surface area contributed by atoms with E-state index in [2.05, 4.69) is 0 Å². The summed E-state index contributed by atoms with van der Waals surface area (Å²) in [5, 5.41) is 0. The minimum absolute atomic E-state index is 0.0175. The smallest absolute Gasteiger partial charge is 0.308 e. The van der Waals surface area contributed by atoms with Gasteiger partial charge in [-0.2, -0.15) is 0 Å². The van der Waals surface area contributed by atoms with Crippen LogP contribution in [0.2, 0.25) is 0 Å². The maximum Gasteiger partial charge on any atom is 0.308 e. The average molecular weight is 372 g/mol. The van der Waals surface area contributed by atoms with Gasteiger partial charge in [0.15, 0.2) is 0 Å². The number of nitrogens with zero attached hydrogens (tertiary/aromatic N) is 2. The lowest BCUT2D eigenvalue weighted by molar-refractivity contribution is -0.132. The van der Waals surface area contributed by atoms with E-state index in [1.807, 2.05) is 26.8 Å². The zero-order valence-electron chi connectivity index (χ0n) is 16.5. The van der Waals surface area contributed by atoms with Crippen LogP contribution >= 0.6 is 0 Å². The van der Waals surface area contributed by atoms with Crippen LogP contribution in [0.1, 0.15) is 44.5 Å². The van der Waals surface area contributed by atoms with Gasteiger partial charge in [0.2, 0.25) is 5.91 Å². The predicted molar refractivity (Wildman–Crippen MR) is 103 cm³/mol. The lowest BCUT2D eigenvalue weighted by Gasteiger charge is -2.22. The molecule has 0 unspecified atom stereocenters. The van der Waals surface area contributed by atoms with Gasteiger partial charge in [0, 0.05) is 38.7 Å². The zero-order valence-corrected chi connectivity index (χ0v) is 16.5. The monoisotopic (exact) mass is 372 g/mol. The molecule has 0 saturated carbocycles. The van der Waals surface area contributed by atoms with Crippen molar-refractivity contribution in [3.05, 3.63) is 42.0 Å². The summed E-state index contributed by atoms with van der Waals surface area (Å²) in [6.07, 6.45) is 4.26. The summed E-state index contributed by atoms with van der Waals surface area (Å²) >= 11 is 0. The molecular weight excluding hydrogens is 344 g/mol. The van der Waals surface area contributed by atoms with Crippen molar-refractivity contribution < 1.29 is 19.1 Å². The first-order valence-electron chi connectivity index (χ1n) is 9.21. The first-order chi connectivity index (χ1) is 12.7. The Morgan fingerprint density at radius 2 is 1.70 bits per heavy atom. The molecule has 0 bridgehead atoms. The SMILES string of the molecule is CC(=O)Oc1cccc(C(=O)N2CCCN(C(=O)/C=C/C(C)(C)C)CC2)c1. The summed E-state index contributed by atoms with van der Waals surface area (Å²) in [6, 6.07) is 6.61. The number of hydrogen-bond donors (Lipinski definition) is 0. The third kappa shape index (κ3) is 6.55. The maximum absolute atomic E-state index is 12.8. The van der Waals surface area contributed by atoms with Gasteiger partial charge in [-0.3, -0.25) is 14.4 Å². The molecule has 6 nitrogen and oxygen atoms in total. The molecule has 1 aliphatic rings. The molecule has 146 valence electrons. The van der Waals surface area contributed by atoms with Crippen LogP contribution in [0.5, 0.6) is 5.75 Å². The van der Waals surface area contributed by atoms with Crippen LogP contribution in [-0.4, -0.2) is 53.8 Å². The van der Waals surface area contributed by atoms with Gasteiger partial charge in [0.05, 0.1) is 0 Å². The van der Waals surface area contributed by atoms with Crippen molar-refractivity contribution in [3.8, 4) is 5.75 Å². The fourth-order valence-corrected chi connectivity index (χ4v) is 2.81. The third-order valence-corrected chi connectivity index (χ3v) is 4.16. The Hall–Kier alpha value is -2.63. The second kappa shape index (κ2) is 8.84. The van der Waals surface area contributed by atoms with Crippen molar-refractivity contribution >= 4 is 17.8 Å². The highest BCUT2D eigenvalue weighted by atomic mass is 16.5. The minimum atomic E-state index is -0.424. The molecule has 0 spiro atoms. The van der Waals surface area contributed by atoms with Crippen LogP contribution in [0.4, 0.5) is 0 Å². The number of hydrogen-bond acceptors (Lipinski definition) is 4. The molecule has 6 heteroatoms. The van der Waals surface area contributed by atoms with E-state index in [0.29, 0.717) is 37.5 Å². The third-order valence-electron chi connectivity index (χ3n) is 4.16. The van der Waals surface area contributed by atoms with Gasteiger partial charge in [-0.15, -0.1) is 0 Å². The van der Waals surface area contributed by atoms with E-state index in [-0.39, 0.29) is 17.2 Å². The topological polar surface area (TPSA) is 66.9 Å². The number of amides is 2. The van der Waals surface area contributed by atoms with Crippen LogP contribution in [0.25, 0.3) is 0 Å². The van der Waals surface area contributed by atoms with Crippen molar-refractivity contribution in [1.82, 2.24) is 9.80 Å². The normalized spacial score (nSPS) is 15.6. The Morgan fingerprint density at radius 3 is 2.37 bits per heavy atom. The standard InChI is InChI=1S/C21H28N2O4/c1-16(24)27-18-8-5-7-17(15-18)20(26)23-12-6-11-22(13-14-23)19(25)9-10-21(2,3)4/h5,7-10,15H,6,11-14H2,1-4H3/b10-9+. The quantitative estimate of drug-likeness (QED) is 0.465. The van der Waals surface area contributed by atoms with Gasteiger partial charge in [0.25, 0.3) is 5.91 Å². The van der Waals surface area contributed by atoms with E-state index < -0.39 is 5.97 Å². The Balaban J connectivity index is 2.01. The second-order valence-corrected chi connectivity index (χ2v) is 7.79. The van der Waals surface area contributed by atoms with E-state index >= 15 is 0 Å². The van der Waals surface area contributed by atoms with Gasteiger partial charge in [0.1, 0.15) is 5.75 Å². The number of esters is 1. The highest BCUT2D eigenvalue weighted by Crippen LogP contribution is 2.17. The largest absolute Gasteiger partial charge is 0.427 e. The van der Waals surface area contributed by atoms with Crippen LogP contribution in [0.15, 0.2) is 36.4 Å². The number of carbonyl (C=O) groups is 3. The van der Waals surface area contributed by atoms with Gasteiger partial charge >= 0.3 is 5.97 Å². The molecule has 1 aromatic rings. The van der Waals surface area contributed by atoms with Crippen LogP contribution in [-0.2, 0) is 9.59 Å². The van der Waals surface area contributed by atoms with Crippen molar-refractivity contribution in [3.63, 3.8) is 0 Å². The summed E-state index contributed by atoms with van der Waals surface area (Å²) in [6.45, 7) is 9.65.